The Morgan fingerprint density at radius 2 is 1.71 bits per heavy atom. The summed E-state index contributed by atoms with van der Waals surface area (Å²) in [4.78, 5) is 23.8. The first-order valence-electron chi connectivity index (χ1n) is 11.1. The van der Waals surface area contributed by atoms with Gasteiger partial charge >= 0.3 is 5.97 Å². The van der Waals surface area contributed by atoms with Crippen molar-refractivity contribution < 1.29 is 19.4 Å². The minimum atomic E-state index is -1.24. The van der Waals surface area contributed by atoms with Crippen LogP contribution in [-0.4, -0.2) is 33.4 Å². The van der Waals surface area contributed by atoms with E-state index in [-0.39, 0.29) is 28.1 Å². The molecule has 0 heterocycles. The molecule has 4 rings (SSSR count). The lowest BCUT2D eigenvalue weighted by Crippen LogP contribution is -2.60. The number of rotatable bonds is 2. The second-order valence-corrected chi connectivity index (χ2v) is 11.8. The molecule has 0 aromatic rings. The molecule has 4 nitrogen and oxygen atoms in total. The predicted molar refractivity (Wildman–Crippen MR) is 111 cm³/mol. The van der Waals surface area contributed by atoms with Crippen molar-refractivity contribution in [2.75, 3.05) is 0 Å². The topological polar surface area (TPSA) is 63.6 Å². The summed E-state index contributed by atoms with van der Waals surface area (Å²) in [5.74, 6) is 2.00. The summed E-state index contributed by atoms with van der Waals surface area (Å²) in [6.07, 6.45) is 8.43. The van der Waals surface area contributed by atoms with Gasteiger partial charge in [-0.05, 0) is 87.4 Å². The van der Waals surface area contributed by atoms with Gasteiger partial charge in [0.25, 0.3) is 0 Å². The Balaban J connectivity index is 1.59. The van der Waals surface area contributed by atoms with Gasteiger partial charge in [0, 0.05) is 12.3 Å². The first kappa shape index (κ1) is 20.8. The molecule has 0 aliphatic heterocycles. The lowest BCUT2D eigenvalue weighted by Gasteiger charge is -2.61. The number of halogens is 1. The number of aliphatic hydroxyl groups is 1. The zero-order chi connectivity index (χ0) is 20.5. The molecule has 0 spiro atoms. The third kappa shape index (κ3) is 2.71. The smallest absolute Gasteiger partial charge is 0.302 e. The van der Waals surface area contributed by atoms with E-state index < -0.39 is 5.60 Å². The highest BCUT2D eigenvalue weighted by atomic mass is 79.9. The number of carbonyl (C=O) groups excluding carboxylic acids is 2. The quantitative estimate of drug-likeness (QED) is 0.486. The number of hydrogen-bond donors (Lipinski definition) is 1. The average Bonchev–Trinajstić information content (AvgIpc) is 2.83. The van der Waals surface area contributed by atoms with Crippen molar-refractivity contribution in [1.82, 2.24) is 0 Å². The van der Waals surface area contributed by atoms with E-state index in [4.69, 9.17) is 4.74 Å². The van der Waals surface area contributed by atoms with Gasteiger partial charge in [-0.15, -0.1) is 0 Å². The first-order valence-corrected chi connectivity index (χ1v) is 12.0. The fourth-order valence-corrected chi connectivity index (χ4v) is 9.41. The zero-order valence-electron chi connectivity index (χ0n) is 17.7. The standard InChI is InChI=1S/C23H35BrO4/c1-13(25)23(27)20(24)12-19-17-6-5-15-11-16(28-14(2)26)7-9-21(15,3)18(17)8-10-22(19,23)4/h15-20,27H,5-12H2,1-4H3/t15-,16-,17-,18+,19-,20-,21-,22-,23-/m1/s1. The molecule has 1 N–H and O–H groups in total. The van der Waals surface area contributed by atoms with Crippen LogP contribution in [0.4, 0.5) is 0 Å². The molecular weight excluding hydrogens is 420 g/mol. The Morgan fingerprint density at radius 3 is 2.36 bits per heavy atom. The summed E-state index contributed by atoms with van der Waals surface area (Å²) >= 11 is 3.70. The van der Waals surface area contributed by atoms with Gasteiger partial charge in [0.05, 0.1) is 4.83 Å². The summed E-state index contributed by atoms with van der Waals surface area (Å²) in [7, 11) is 0. The highest BCUT2D eigenvalue weighted by Crippen LogP contribution is 2.69. The van der Waals surface area contributed by atoms with Crippen LogP contribution >= 0.6 is 15.9 Å². The maximum absolute atomic E-state index is 12.5. The van der Waals surface area contributed by atoms with Crippen molar-refractivity contribution in [2.24, 2.45) is 34.5 Å². The zero-order valence-corrected chi connectivity index (χ0v) is 19.3. The van der Waals surface area contributed by atoms with Gasteiger partial charge in [-0.3, -0.25) is 9.59 Å². The number of Topliss-reactive ketones (excluding diaryl/α,β-unsaturated/α-hetero) is 1. The summed E-state index contributed by atoms with van der Waals surface area (Å²) in [6, 6.07) is 0. The van der Waals surface area contributed by atoms with Crippen LogP contribution in [0.2, 0.25) is 0 Å². The average molecular weight is 455 g/mol. The largest absolute Gasteiger partial charge is 0.463 e. The van der Waals surface area contributed by atoms with Crippen molar-refractivity contribution >= 4 is 27.7 Å². The van der Waals surface area contributed by atoms with Crippen LogP contribution in [0.5, 0.6) is 0 Å². The number of ketones is 1. The van der Waals surface area contributed by atoms with Crippen LogP contribution in [0.15, 0.2) is 0 Å². The third-order valence-electron chi connectivity index (χ3n) is 9.66. The van der Waals surface area contributed by atoms with E-state index in [1.54, 1.807) is 6.92 Å². The maximum atomic E-state index is 12.5. The van der Waals surface area contributed by atoms with Gasteiger partial charge in [-0.2, -0.15) is 0 Å². The van der Waals surface area contributed by atoms with Crippen LogP contribution in [0.25, 0.3) is 0 Å². The molecule has 158 valence electrons. The number of esters is 1. The van der Waals surface area contributed by atoms with Gasteiger partial charge in [-0.25, -0.2) is 0 Å². The second-order valence-electron chi connectivity index (χ2n) is 10.6. The summed E-state index contributed by atoms with van der Waals surface area (Å²) < 4.78 is 5.56. The molecule has 0 saturated heterocycles. The van der Waals surface area contributed by atoms with Crippen LogP contribution in [0, 0.1) is 34.5 Å². The lowest BCUT2D eigenvalue weighted by molar-refractivity contribution is -0.174. The van der Waals surface area contributed by atoms with Crippen molar-refractivity contribution in [3.05, 3.63) is 0 Å². The van der Waals surface area contributed by atoms with Gasteiger partial charge in [0.1, 0.15) is 11.7 Å². The number of alkyl halides is 1. The van der Waals surface area contributed by atoms with E-state index in [9.17, 15) is 14.7 Å². The van der Waals surface area contributed by atoms with Crippen molar-refractivity contribution in [1.29, 1.82) is 0 Å². The van der Waals surface area contributed by atoms with Crippen molar-refractivity contribution in [3.63, 3.8) is 0 Å². The number of hydrogen-bond acceptors (Lipinski definition) is 4. The molecular formula is C23H35BrO4. The van der Waals surface area contributed by atoms with E-state index >= 15 is 0 Å². The van der Waals surface area contributed by atoms with Gasteiger partial charge in [0.15, 0.2) is 5.78 Å². The minimum absolute atomic E-state index is 0.0837. The number of ether oxygens (including phenoxy) is 1. The maximum Gasteiger partial charge on any atom is 0.302 e. The van der Waals surface area contributed by atoms with E-state index in [1.165, 1.54) is 19.8 Å². The van der Waals surface area contributed by atoms with Crippen LogP contribution in [0.1, 0.15) is 79.1 Å². The lowest BCUT2D eigenvalue weighted by atomic mass is 9.44. The molecule has 28 heavy (non-hydrogen) atoms. The Kier molecular flexibility index (Phi) is 5.06. The van der Waals surface area contributed by atoms with Crippen LogP contribution in [0.3, 0.4) is 0 Å². The normalized spacial score (nSPS) is 52.9. The van der Waals surface area contributed by atoms with Crippen LogP contribution in [-0.2, 0) is 14.3 Å². The fourth-order valence-electron chi connectivity index (χ4n) is 8.16. The first-order chi connectivity index (χ1) is 13.0. The number of carbonyl (C=O) groups is 2. The highest BCUT2D eigenvalue weighted by Gasteiger charge is 2.69. The molecule has 5 heteroatoms. The second kappa shape index (κ2) is 6.80. The van der Waals surface area contributed by atoms with Gasteiger partial charge in [0.2, 0.25) is 0 Å². The summed E-state index contributed by atoms with van der Waals surface area (Å²) in [5, 5.41) is 11.5. The number of fused-ring (bicyclic) bond motifs is 5. The molecule has 0 radical (unpaired) electrons. The van der Waals surface area contributed by atoms with Crippen molar-refractivity contribution in [2.45, 2.75) is 95.6 Å². The molecule has 0 aromatic carbocycles. The van der Waals surface area contributed by atoms with E-state index in [0.717, 1.165) is 38.5 Å². The van der Waals surface area contributed by atoms with Gasteiger partial charge in [-0.1, -0.05) is 29.8 Å². The molecule has 4 fully saturated rings. The fraction of sp³-hybridized carbons (Fsp3) is 0.913. The molecule has 4 saturated carbocycles. The monoisotopic (exact) mass is 454 g/mol. The summed E-state index contributed by atoms with van der Waals surface area (Å²) in [6.45, 7) is 7.71. The molecule has 4 aliphatic rings. The molecule has 0 unspecified atom stereocenters. The molecule has 0 bridgehead atoms. The Bertz CT molecular complexity index is 680. The van der Waals surface area contributed by atoms with Crippen molar-refractivity contribution in [3.8, 4) is 0 Å². The van der Waals surface area contributed by atoms with Gasteiger partial charge < -0.3 is 9.84 Å². The van der Waals surface area contributed by atoms with E-state index in [1.807, 2.05) is 0 Å². The van der Waals surface area contributed by atoms with E-state index in [0.29, 0.717) is 29.1 Å². The predicted octanol–water partition coefficient (Wildman–Crippen LogP) is 4.65. The SMILES string of the molecule is CC(=O)O[C@@H]1CC[C@]2(C)[C@H](CC[C@H]3[C@H]4C[C@@H](Br)[C@](O)(C(C)=O)[C@]4(C)CC[C@@H]32)C1. The Hall–Kier alpha value is -0.420. The van der Waals surface area contributed by atoms with Crippen LogP contribution < -0.4 is 0 Å². The Morgan fingerprint density at radius 1 is 1.00 bits per heavy atom. The molecule has 4 aliphatic carbocycles. The third-order valence-corrected chi connectivity index (χ3v) is 10.7. The molecule has 0 amide bonds. The highest BCUT2D eigenvalue weighted by molar-refractivity contribution is 9.09. The molecule has 0 aromatic heterocycles. The Labute approximate surface area is 177 Å². The van der Waals surface area contributed by atoms with E-state index in [2.05, 4.69) is 29.8 Å². The summed E-state index contributed by atoms with van der Waals surface area (Å²) in [5.41, 5.74) is -1.28. The molecule has 9 atom stereocenters. The minimum Gasteiger partial charge on any atom is -0.463 e.